The fourth-order valence-corrected chi connectivity index (χ4v) is 0.947. The van der Waals surface area contributed by atoms with Crippen molar-refractivity contribution in [3.05, 3.63) is 29.8 Å². The molecule has 15 heavy (non-hydrogen) atoms. The van der Waals surface area contributed by atoms with Crippen LogP contribution in [0.15, 0.2) is 34.3 Å². The molecule has 0 aliphatic rings. The van der Waals surface area contributed by atoms with Crippen LogP contribution in [0.25, 0.3) is 0 Å². The Morgan fingerprint density at radius 3 is 2.13 bits per heavy atom. The molecule has 1 aromatic carbocycles. The van der Waals surface area contributed by atoms with E-state index in [0.717, 1.165) is 12.1 Å². The van der Waals surface area contributed by atoms with Gasteiger partial charge in [-0.15, -0.1) is 0 Å². The fourth-order valence-electron chi connectivity index (χ4n) is 0.947. The molecule has 0 radical (unpaired) electrons. The van der Waals surface area contributed by atoms with Gasteiger partial charge in [-0.2, -0.15) is 13.2 Å². The molecule has 0 spiro atoms. The molecule has 0 aromatic heterocycles. The first kappa shape index (κ1) is 11.4. The molecule has 0 aliphatic carbocycles. The number of benzene rings is 1. The zero-order valence-electron chi connectivity index (χ0n) is 8.04. The molecule has 5 heteroatoms. The molecule has 0 aliphatic heterocycles. The summed E-state index contributed by atoms with van der Waals surface area (Å²) in [5.74, 6) is 0.412. The van der Waals surface area contributed by atoms with Crippen molar-refractivity contribution in [3.8, 4) is 0 Å². The Morgan fingerprint density at radius 1 is 1.20 bits per heavy atom. The van der Waals surface area contributed by atoms with Crippen LogP contribution in [-0.2, 0) is 6.18 Å². The van der Waals surface area contributed by atoms with Gasteiger partial charge in [0.1, 0.15) is 5.84 Å². The number of hydrogen-bond donors (Lipinski definition) is 0. The van der Waals surface area contributed by atoms with E-state index in [0.29, 0.717) is 11.5 Å². The van der Waals surface area contributed by atoms with Gasteiger partial charge < -0.3 is 0 Å². The molecule has 80 valence electrons. The summed E-state index contributed by atoms with van der Waals surface area (Å²) in [6.45, 7) is 4.87. The second-order valence-electron chi connectivity index (χ2n) is 2.86. The Labute approximate surface area is 85.2 Å². The standard InChI is InChI=1S/C10H9F3N2/c1-7(14-2)15-9-5-3-8(4-6-9)10(11,12)13/h3-6H,2H2,1H3. The molecule has 0 amide bonds. The third-order valence-electron chi connectivity index (χ3n) is 1.71. The Hall–Kier alpha value is -1.65. The zero-order valence-corrected chi connectivity index (χ0v) is 8.04. The van der Waals surface area contributed by atoms with Crippen LogP contribution in [0, 0.1) is 0 Å². The van der Waals surface area contributed by atoms with Crippen molar-refractivity contribution in [2.75, 3.05) is 0 Å². The summed E-state index contributed by atoms with van der Waals surface area (Å²) >= 11 is 0. The maximum absolute atomic E-state index is 12.2. The predicted octanol–water partition coefficient (Wildman–Crippen LogP) is 3.46. The van der Waals surface area contributed by atoms with Gasteiger partial charge >= 0.3 is 6.18 Å². The van der Waals surface area contributed by atoms with Crippen molar-refractivity contribution in [3.63, 3.8) is 0 Å². The number of nitrogens with zero attached hydrogens (tertiary/aromatic N) is 2. The van der Waals surface area contributed by atoms with Crippen LogP contribution in [0.1, 0.15) is 12.5 Å². The minimum absolute atomic E-state index is 0.412. The molecule has 1 rings (SSSR count). The lowest BCUT2D eigenvalue weighted by Crippen LogP contribution is -2.03. The molecular weight excluding hydrogens is 205 g/mol. The first-order chi connectivity index (χ1) is 6.93. The maximum atomic E-state index is 12.2. The number of halogens is 3. The van der Waals surface area contributed by atoms with Gasteiger partial charge in [-0.3, -0.25) is 0 Å². The molecule has 0 saturated heterocycles. The average molecular weight is 214 g/mol. The van der Waals surface area contributed by atoms with Gasteiger partial charge in [0.25, 0.3) is 0 Å². The molecule has 0 N–H and O–H groups in total. The van der Waals surface area contributed by atoms with Crippen LogP contribution in [0.3, 0.4) is 0 Å². The minimum Gasteiger partial charge on any atom is -0.250 e. The largest absolute Gasteiger partial charge is 0.416 e. The third-order valence-corrected chi connectivity index (χ3v) is 1.71. The van der Waals surface area contributed by atoms with Crippen molar-refractivity contribution in [2.24, 2.45) is 9.98 Å². The molecule has 0 saturated carbocycles. The summed E-state index contributed by atoms with van der Waals surface area (Å²) in [5, 5.41) is 0. The maximum Gasteiger partial charge on any atom is 0.416 e. The van der Waals surface area contributed by atoms with Gasteiger partial charge in [-0.1, -0.05) is 0 Å². The van der Waals surface area contributed by atoms with Gasteiger partial charge in [-0.25, -0.2) is 9.98 Å². The number of amidine groups is 1. The summed E-state index contributed by atoms with van der Waals surface area (Å²) in [6, 6.07) is 4.54. The average Bonchev–Trinajstić information content (AvgIpc) is 2.17. The first-order valence-electron chi connectivity index (χ1n) is 4.13. The van der Waals surface area contributed by atoms with E-state index >= 15 is 0 Å². The SMILES string of the molecule is C=NC(C)=Nc1ccc(C(F)(F)F)cc1. The highest BCUT2D eigenvalue weighted by Crippen LogP contribution is 2.30. The second kappa shape index (κ2) is 4.25. The van der Waals surface area contributed by atoms with Gasteiger partial charge in [-0.05, 0) is 37.9 Å². The quantitative estimate of drug-likeness (QED) is 0.505. The van der Waals surface area contributed by atoms with E-state index in [2.05, 4.69) is 16.7 Å². The van der Waals surface area contributed by atoms with Crippen LogP contribution in [0.2, 0.25) is 0 Å². The summed E-state index contributed by atoms with van der Waals surface area (Å²) < 4.78 is 36.6. The van der Waals surface area contributed by atoms with Gasteiger partial charge in [0.2, 0.25) is 0 Å². The Balaban J connectivity index is 2.96. The van der Waals surface area contributed by atoms with Crippen LogP contribution >= 0.6 is 0 Å². The van der Waals surface area contributed by atoms with Crippen molar-refractivity contribution in [2.45, 2.75) is 13.1 Å². The van der Waals surface area contributed by atoms with E-state index < -0.39 is 11.7 Å². The number of alkyl halides is 3. The Morgan fingerprint density at radius 2 is 1.73 bits per heavy atom. The lowest BCUT2D eigenvalue weighted by atomic mass is 10.2. The molecular formula is C10H9F3N2. The highest BCUT2D eigenvalue weighted by molar-refractivity contribution is 5.86. The van der Waals surface area contributed by atoms with Crippen molar-refractivity contribution in [1.29, 1.82) is 0 Å². The number of aliphatic imine (C=N–C) groups is 2. The molecule has 1 aromatic rings. The van der Waals surface area contributed by atoms with E-state index in [1.54, 1.807) is 6.92 Å². The fraction of sp³-hybridized carbons (Fsp3) is 0.200. The molecule has 0 heterocycles. The van der Waals surface area contributed by atoms with Gasteiger partial charge in [0.15, 0.2) is 0 Å². The normalized spacial score (nSPS) is 12.7. The predicted molar refractivity (Wildman–Crippen MR) is 53.8 cm³/mol. The van der Waals surface area contributed by atoms with Crippen LogP contribution in [-0.4, -0.2) is 12.6 Å². The van der Waals surface area contributed by atoms with E-state index in [1.807, 2.05) is 0 Å². The topological polar surface area (TPSA) is 24.7 Å². The van der Waals surface area contributed by atoms with E-state index in [4.69, 9.17) is 0 Å². The Bertz CT molecular complexity index is 377. The smallest absolute Gasteiger partial charge is 0.250 e. The van der Waals surface area contributed by atoms with E-state index in [1.165, 1.54) is 12.1 Å². The monoisotopic (exact) mass is 214 g/mol. The first-order valence-corrected chi connectivity index (χ1v) is 4.13. The molecule has 0 atom stereocenters. The van der Waals surface area contributed by atoms with Crippen molar-refractivity contribution in [1.82, 2.24) is 0 Å². The Kier molecular flexibility index (Phi) is 3.24. The number of rotatable bonds is 1. The van der Waals surface area contributed by atoms with E-state index in [9.17, 15) is 13.2 Å². The summed E-state index contributed by atoms with van der Waals surface area (Å²) in [6.07, 6.45) is -4.31. The zero-order chi connectivity index (χ0) is 11.5. The van der Waals surface area contributed by atoms with Crippen LogP contribution in [0.5, 0.6) is 0 Å². The van der Waals surface area contributed by atoms with Crippen LogP contribution < -0.4 is 0 Å². The molecule has 0 unspecified atom stereocenters. The van der Waals surface area contributed by atoms with Crippen LogP contribution in [0.4, 0.5) is 18.9 Å². The second-order valence-corrected chi connectivity index (χ2v) is 2.86. The van der Waals surface area contributed by atoms with Gasteiger partial charge in [0.05, 0.1) is 11.3 Å². The summed E-state index contributed by atoms with van der Waals surface area (Å²) in [7, 11) is 0. The number of hydrogen-bond acceptors (Lipinski definition) is 1. The lowest BCUT2D eigenvalue weighted by Gasteiger charge is -2.05. The van der Waals surface area contributed by atoms with Gasteiger partial charge in [0, 0.05) is 0 Å². The molecule has 0 bridgehead atoms. The molecule has 0 fully saturated rings. The highest BCUT2D eigenvalue weighted by atomic mass is 19.4. The van der Waals surface area contributed by atoms with E-state index in [-0.39, 0.29) is 0 Å². The minimum atomic E-state index is -4.31. The van der Waals surface area contributed by atoms with Crippen molar-refractivity contribution >= 4 is 18.2 Å². The molecule has 2 nitrogen and oxygen atoms in total. The summed E-state index contributed by atoms with van der Waals surface area (Å²) in [5.41, 5.74) is -0.265. The third kappa shape index (κ3) is 3.19. The highest BCUT2D eigenvalue weighted by Gasteiger charge is 2.29. The lowest BCUT2D eigenvalue weighted by molar-refractivity contribution is -0.137. The summed E-state index contributed by atoms with van der Waals surface area (Å²) in [4.78, 5) is 7.45. The van der Waals surface area contributed by atoms with Crippen molar-refractivity contribution < 1.29 is 13.2 Å².